The molecule has 8 heteroatoms. The van der Waals surface area contributed by atoms with E-state index in [4.69, 9.17) is 20.8 Å². The smallest absolute Gasteiger partial charge is 0.343 e. The van der Waals surface area contributed by atoms with E-state index in [1.54, 1.807) is 24.3 Å². The van der Waals surface area contributed by atoms with Crippen LogP contribution in [0.25, 0.3) is 23.2 Å². The maximum absolute atomic E-state index is 12.2. The third kappa shape index (κ3) is 4.01. The molecule has 0 atom stereocenters. The number of nitrogens with zero attached hydrogens (tertiary/aromatic N) is 1. The summed E-state index contributed by atoms with van der Waals surface area (Å²) in [6.45, 7) is 0. The van der Waals surface area contributed by atoms with Crippen LogP contribution < -0.4 is 0 Å². The van der Waals surface area contributed by atoms with Crippen LogP contribution in [0.2, 0.25) is 5.02 Å². The number of carbonyl (C=O) groups excluding carboxylic acids is 1. The van der Waals surface area contributed by atoms with Gasteiger partial charge < -0.3 is 9.15 Å². The second-order valence-corrected chi connectivity index (χ2v) is 7.45. The zero-order valence-electron chi connectivity index (χ0n) is 14.6. The molecule has 0 N–H and O–H groups in total. The van der Waals surface area contributed by atoms with Crippen molar-refractivity contribution in [2.75, 3.05) is 0 Å². The molecule has 2 heterocycles. The van der Waals surface area contributed by atoms with Crippen LogP contribution in [0.5, 0.6) is 0 Å². The largest absolute Gasteiger partial charge is 0.457 e. The van der Waals surface area contributed by atoms with Crippen molar-refractivity contribution in [3.8, 4) is 11.3 Å². The highest BCUT2D eigenvalue weighted by Gasteiger charge is 2.22. The first-order valence-corrected chi connectivity index (χ1v) is 9.53. The summed E-state index contributed by atoms with van der Waals surface area (Å²) >= 11 is 9.51. The van der Waals surface area contributed by atoms with Crippen LogP contribution in [0.15, 0.2) is 75.1 Å². The molecule has 0 radical (unpaired) electrons. The summed E-state index contributed by atoms with van der Waals surface area (Å²) in [7, 11) is 0. The zero-order valence-corrected chi connectivity index (χ0v) is 16.9. The Hall–Kier alpha value is -3.16. The van der Waals surface area contributed by atoms with Crippen LogP contribution in [0.1, 0.15) is 11.3 Å². The van der Waals surface area contributed by atoms with E-state index >= 15 is 0 Å². The first-order chi connectivity index (χ1) is 13.9. The van der Waals surface area contributed by atoms with Gasteiger partial charge in [0.15, 0.2) is 0 Å². The zero-order chi connectivity index (χ0) is 20.5. The van der Waals surface area contributed by atoms with Gasteiger partial charge in [0.05, 0.1) is 15.5 Å². The van der Waals surface area contributed by atoms with Crippen molar-refractivity contribution in [2.45, 2.75) is 0 Å². The molecule has 1 aliphatic heterocycles. The standard InChI is InChI=1S/C21H11BrClNO5/c22-14-3-1-12(2-4-14)20-10-13(21(25)29-20)9-16-6-8-19(28-16)17-7-5-15(24(26)27)11-18(17)23/h1-11H/b13-9-. The Morgan fingerprint density at radius 1 is 1.07 bits per heavy atom. The molecule has 0 unspecified atom stereocenters. The number of hydrogen-bond donors (Lipinski definition) is 0. The quantitative estimate of drug-likeness (QED) is 0.194. The van der Waals surface area contributed by atoms with E-state index in [0.29, 0.717) is 28.4 Å². The molecule has 0 saturated heterocycles. The molecule has 3 aromatic rings. The first kappa shape index (κ1) is 19.2. The summed E-state index contributed by atoms with van der Waals surface area (Å²) < 4.78 is 12.0. The lowest BCUT2D eigenvalue weighted by molar-refractivity contribution is -0.384. The Morgan fingerprint density at radius 3 is 2.52 bits per heavy atom. The van der Waals surface area contributed by atoms with Crippen molar-refractivity contribution in [3.63, 3.8) is 0 Å². The van der Waals surface area contributed by atoms with Gasteiger partial charge in [-0.1, -0.05) is 39.7 Å². The van der Waals surface area contributed by atoms with Gasteiger partial charge in [0.2, 0.25) is 0 Å². The monoisotopic (exact) mass is 471 g/mol. The lowest BCUT2D eigenvalue weighted by atomic mass is 10.1. The highest BCUT2D eigenvalue weighted by Crippen LogP contribution is 2.34. The molecule has 1 aromatic heterocycles. The Balaban J connectivity index is 1.61. The molecule has 0 fully saturated rings. The topological polar surface area (TPSA) is 82.6 Å². The second-order valence-electron chi connectivity index (χ2n) is 6.13. The van der Waals surface area contributed by atoms with Crippen molar-refractivity contribution >= 4 is 51.0 Å². The average molecular weight is 473 g/mol. The van der Waals surface area contributed by atoms with E-state index in [1.165, 1.54) is 18.2 Å². The van der Waals surface area contributed by atoms with Gasteiger partial charge in [-0.2, -0.15) is 0 Å². The molecule has 0 aliphatic carbocycles. The summed E-state index contributed by atoms with van der Waals surface area (Å²) in [5, 5.41) is 11.0. The molecule has 1 aliphatic rings. The highest BCUT2D eigenvalue weighted by molar-refractivity contribution is 9.10. The molecule has 29 heavy (non-hydrogen) atoms. The lowest BCUT2D eigenvalue weighted by Crippen LogP contribution is -1.96. The molecule has 2 aromatic carbocycles. The Labute approximate surface area is 178 Å². The number of non-ortho nitro benzene ring substituents is 1. The molecule has 144 valence electrons. The fourth-order valence-electron chi connectivity index (χ4n) is 2.79. The molecular formula is C21H11BrClNO5. The van der Waals surface area contributed by atoms with Crippen LogP contribution in [0.3, 0.4) is 0 Å². The molecule has 0 amide bonds. The summed E-state index contributed by atoms with van der Waals surface area (Å²) in [6.07, 6.45) is 3.21. The van der Waals surface area contributed by atoms with Crippen LogP contribution in [0.4, 0.5) is 5.69 Å². The molecule has 0 bridgehead atoms. The molecular weight excluding hydrogens is 462 g/mol. The predicted octanol–water partition coefficient (Wildman–Crippen LogP) is 6.25. The second kappa shape index (κ2) is 7.69. The van der Waals surface area contributed by atoms with Crippen molar-refractivity contribution in [1.29, 1.82) is 0 Å². The number of nitro groups is 1. The van der Waals surface area contributed by atoms with Gasteiger partial charge in [-0.15, -0.1) is 0 Å². The third-order valence-electron chi connectivity index (χ3n) is 4.21. The van der Waals surface area contributed by atoms with Crippen molar-refractivity contribution < 1.29 is 18.9 Å². The van der Waals surface area contributed by atoms with Gasteiger partial charge in [-0.25, -0.2) is 4.79 Å². The van der Waals surface area contributed by atoms with Crippen LogP contribution >= 0.6 is 27.5 Å². The van der Waals surface area contributed by atoms with E-state index in [9.17, 15) is 14.9 Å². The summed E-state index contributed by atoms with van der Waals surface area (Å²) in [4.78, 5) is 22.5. The Bertz CT molecular complexity index is 1190. The van der Waals surface area contributed by atoms with Crippen LogP contribution in [-0.4, -0.2) is 10.9 Å². The maximum Gasteiger partial charge on any atom is 0.343 e. The van der Waals surface area contributed by atoms with E-state index < -0.39 is 10.9 Å². The van der Waals surface area contributed by atoms with Gasteiger partial charge in [0, 0.05) is 27.7 Å². The van der Waals surface area contributed by atoms with Crippen molar-refractivity contribution in [3.05, 3.63) is 97.2 Å². The number of cyclic esters (lactones) is 1. The fourth-order valence-corrected chi connectivity index (χ4v) is 3.32. The number of benzene rings is 2. The van der Waals surface area contributed by atoms with E-state index in [2.05, 4.69) is 15.9 Å². The average Bonchev–Trinajstić information content (AvgIpc) is 3.29. The maximum atomic E-state index is 12.2. The number of esters is 1. The van der Waals surface area contributed by atoms with Gasteiger partial charge in [-0.3, -0.25) is 10.1 Å². The number of hydrogen-bond acceptors (Lipinski definition) is 5. The molecule has 0 spiro atoms. The van der Waals surface area contributed by atoms with Crippen LogP contribution in [0, 0.1) is 10.1 Å². The third-order valence-corrected chi connectivity index (χ3v) is 5.05. The van der Waals surface area contributed by atoms with Crippen molar-refractivity contribution in [2.24, 2.45) is 0 Å². The van der Waals surface area contributed by atoms with Gasteiger partial charge in [0.1, 0.15) is 17.3 Å². The predicted molar refractivity (Wildman–Crippen MR) is 112 cm³/mol. The van der Waals surface area contributed by atoms with E-state index in [0.717, 1.165) is 10.0 Å². The summed E-state index contributed by atoms with van der Waals surface area (Å²) in [5.74, 6) is 0.836. The minimum atomic E-state index is -0.519. The van der Waals surface area contributed by atoms with Gasteiger partial charge in [-0.05, 0) is 42.5 Å². The normalized spacial score (nSPS) is 14.8. The minimum absolute atomic E-state index is 0.105. The summed E-state index contributed by atoms with van der Waals surface area (Å²) in [5.41, 5.74) is 1.54. The number of rotatable bonds is 4. The van der Waals surface area contributed by atoms with Gasteiger partial charge in [0.25, 0.3) is 5.69 Å². The lowest BCUT2D eigenvalue weighted by Gasteiger charge is -2.01. The van der Waals surface area contributed by atoms with Crippen LogP contribution in [-0.2, 0) is 9.53 Å². The van der Waals surface area contributed by atoms with Gasteiger partial charge >= 0.3 is 5.97 Å². The first-order valence-electron chi connectivity index (χ1n) is 8.36. The number of carbonyl (C=O) groups is 1. The van der Waals surface area contributed by atoms with Crippen molar-refractivity contribution in [1.82, 2.24) is 0 Å². The SMILES string of the molecule is O=C1OC(c2ccc(Br)cc2)=C/C1=C/c1ccc(-c2ccc([N+](=O)[O-])cc2Cl)o1. The Morgan fingerprint density at radius 2 is 1.83 bits per heavy atom. The number of furan rings is 1. The number of nitro benzene ring substituents is 1. The minimum Gasteiger partial charge on any atom is -0.457 e. The number of ether oxygens (including phenoxy) is 1. The molecule has 0 saturated carbocycles. The van der Waals surface area contributed by atoms with E-state index in [-0.39, 0.29) is 10.7 Å². The molecule has 4 rings (SSSR count). The number of halogens is 2. The molecule has 6 nitrogen and oxygen atoms in total. The highest BCUT2D eigenvalue weighted by atomic mass is 79.9. The Kier molecular flexibility index (Phi) is 5.08. The summed E-state index contributed by atoms with van der Waals surface area (Å²) in [6, 6.07) is 14.9. The fraction of sp³-hybridized carbons (Fsp3) is 0. The van der Waals surface area contributed by atoms with E-state index in [1.807, 2.05) is 24.3 Å².